The number of aromatic nitrogens is 1. The number of amides is 1. The average molecular weight is 443 g/mol. The van der Waals surface area contributed by atoms with Crippen LogP contribution in [-0.2, 0) is 13.0 Å². The molecule has 0 radical (unpaired) electrons. The molecule has 0 atom stereocenters. The number of pyridine rings is 1. The standard InChI is InChI=1S/C24H24Cl2N2O2/c1-2-3-13-28-16-18(20-15-19(25)9-10-22(20)26)14-21(24(28)30)23(29)27-12-11-17-7-5-4-6-8-17/h4-10,14-16H,2-3,11-13H2,1H3,(H,27,29). The third-order valence-corrected chi connectivity index (χ3v) is 5.43. The second kappa shape index (κ2) is 10.5. The van der Waals surface area contributed by atoms with E-state index in [1.165, 1.54) is 0 Å². The van der Waals surface area contributed by atoms with E-state index < -0.39 is 0 Å². The van der Waals surface area contributed by atoms with Crippen LogP contribution >= 0.6 is 23.2 Å². The molecular formula is C24H24Cl2N2O2. The van der Waals surface area contributed by atoms with E-state index >= 15 is 0 Å². The summed E-state index contributed by atoms with van der Waals surface area (Å²) in [5.41, 5.74) is 2.30. The molecule has 3 rings (SSSR count). The largest absolute Gasteiger partial charge is 0.352 e. The fourth-order valence-electron chi connectivity index (χ4n) is 3.22. The van der Waals surface area contributed by atoms with E-state index in [-0.39, 0.29) is 17.0 Å². The molecule has 0 bridgehead atoms. The van der Waals surface area contributed by atoms with E-state index in [0.717, 1.165) is 18.4 Å². The quantitative estimate of drug-likeness (QED) is 0.493. The van der Waals surface area contributed by atoms with Gasteiger partial charge >= 0.3 is 0 Å². The van der Waals surface area contributed by atoms with Crippen molar-refractivity contribution in [1.82, 2.24) is 9.88 Å². The highest BCUT2D eigenvalue weighted by Gasteiger charge is 2.16. The third kappa shape index (κ3) is 5.53. The minimum Gasteiger partial charge on any atom is -0.352 e. The van der Waals surface area contributed by atoms with Gasteiger partial charge in [0, 0.05) is 40.5 Å². The van der Waals surface area contributed by atoms with Crippen LogP contribution in [0.3, 0.4) is 0 Å². The monoisotopic (exact) mass is 442 g/mol. The van der Waals surface area contributed by atoms with E-state index in [9.17, 15) is 9.59 Å². The number of aryl methyl sites for hydroxylation is 1. The van der Waals surface area contributed by atoms with Gasteiger partial charge in [0.15, 0.2) is 0 Å². The average Bonchev–Trinajstić information content (AvgIpc) is 2.75. The third-order valence-electron chi connectivity index (χ3n) is 4.86. The van der Waals surface area contributed by atoms with Crippen LogP contribution < -0.4 is 10.9 Å². The Morgan fingerprint density at radius 1 is 1.07 bits per heavy atom. The van der Waals surface area contributed by atoms with Gasteiger partial charge in [0.05, 0.1) is 0 Å². The van der Waals surface area contributed by atoms with Gasteiger partial charge in [-0.3, -0.25) is 9.59 Å². The number of benzene rings is 2. The van der Waals surface area contributed by atoms with Crippen molar-refractivity contribution in [1.29, 1.82) is 0 Å². The van der Waals surface area contributed by atoms with Crippen molar-refractivity contribution in [2.45, 2.75) is 32.7 Å². The zero-order chi connectivity index (χ0) is 21.5. The van der Waals surface area contributed by atoms with Crippen LogP contribution in [0.5, 0.6) is 0 Å². The van der Waals surface area contributed by atoms with Crippen molar-refractivity contribution in [3.63, 3.8) is 0 Å². The number of rotatable bonds is 8. The molecule has 3 aromatic rings. The van der Waals surface area contributed by atoms with Crippen molar-refractivity contribution in [3.8, 4) is 11.1 Å². The summed E-state index contributed by atoms with van der Waals surface area (Å²) < 4.78 is 1.59. The van der Waals surface area contributed by atoms with E-state index in [0.29, 0.717) is 40.7 Å². The van der Waals surface area contributed by atoms with Gasteiger partial charge in [0.25, 0.3) is 11.5 Å². The molecule has 0 saturated carbocycles. The molecule has 0 aliphatic rings. The smallest absolute Gasteiger partial charge is 0.263 e. The Bertz CT molecular complexity index is 1080. The van der Waals surface area contributed by atoms with E-state index in [2.05, 4.69) is 12.2 Å². The molecule has 156 valence electrons. The number of hydrogen-bond acceptors (Lipinski definition) is 2. The molecular weight excluding hydrogens is 419 g/mol. The van der Waals surface area contributed by atoms with Gasteiger partial charge in [-0.2, -0.15) is 0 Å². The first kappa shape index (κ1) is 22.1. The van der Waals surface area contributed by atoms with Crippen molar-refractivity contribution in [2.75, 3.05) is 6.54 Å². The molecule has 1 heterocycles. The van der Waals surface area contributed by atoms with Gasteiger partial charge in [0.1, 0.15) is 5.56 Å². The molecule has 0 unspecified atom stereocenters. The first-order valence-corrected chi connectivity index (χ1v) is 10.8. The number of hydrogen-bond donors (Lipinski definition) is 1. The van der Waals surface area contributed by atoms with Gasteiger partial charge in [-0.15, -0.1) is 0 Å². The molecule has 1 N–H and O–H groups in total. The second-order valence-electron chi connectivity index (χ2n) is 7.11. The number of carbonyl (C=O) groups is 1. The van der Waals surface area contributed by atoms with Crippen molar-refractivity contribution < 1.29 is 4.79 Å². The first-order valence-electron chi connectivity index (χ1n) is 10.0. The number of carbonyl (C=O) groups excluding carboxylic acids is 1. The van der Waals surface area contributed by atoms with Crippen LogP contribution in [0.25, 0.3) is 11.1 Å². The van der Waals surface area contributed by atoms with Crippen LogP contribution in [0.2, 0.25) is 10.0 Å². The van der Waals surface area contributed by atoms with Crippen molar-refractivity contribution in [2.24, 2.45) is 0 Å². The lowest BCUT2D eigenvalue weighted by Gasteiger charge is -2.13. The summed E-state index contributed by atoms with van der Waals surface area (Å²) in [6, 6.07) is 16.6. The van der Waals surface area contributed by atoms with Crippen LogP contribution in [-0.4, -0.2) is 17.0 Å². The molecule has 0 saturated heterocycles. The van der Waals surface area contributed by atoms with Gasteiger partial charge in [-0.05, 0) is 42.7 Å². The van der Waals surface area contributed by atoms with Crippen LogP contribution in [0.15, 0.2) is 65.6 Å². The lowest BCUT2D eigenvalue weighted by atomic mass is 10.0. The van der Waals surface area contributed by atoms with E-state index in [1.807, 2.05) is 30.3 Å². The maximum absolute atomic E-state index is 12.9. The summed E-state index contributed by atoms with van der Waals surface area (Å²) in [6.45, 7) is 3.03. The Kier molecular flexibility index (Phi) is 7.72. The minimum atomic E-state index is -0.388. The lowest BCUT2D eigenvalue weighted by Crippen LogP contribution is -2.34. The van der Waals surface area contributed by atoms with Crippen LogP contribution in [0.4, 0.5) is 0 Å². The van der Waals surface area contributed by atoms with Gasteiger partial charge in [-0.1, -0.05) is 66.9 Å². The normalized spacial score (nSPS) is 10.8. The Balaban J connectivity index is 1.90. The molecule has 1 aromatic heterocycles. The predicted octanol–water partition coefficient (Wildman–Crippen LogP) is 5.59. The summed E-state index contributed by atoms with van der Waals surface area (Å²) in [4.78, 5) is 25.8. The molecule has 1 amide bonds. The summed E-state index contributed by atoms with van der Waals surface area (Å²) in [7, 11) is 0. The fourth-order valence-corrected chi connectivity index (χ4v) is 3.62. The highest BCUT2D eigenvalue weighted by molar-refractivity contribution is 6.35. The van der Waals surface area contributed by atoms with Crippen molar-refractivity contribution >= 4 is 29.1 Å². The summed E-state index contributed by atoms with van der Waals surface area (Å²) >= 11 is 12.5. The van der Waals surface area contributed by atoms with Crippen LogP contribution in [0, 0.1) is 0 Å². The van der Waals surface area contributed by atoms with Gasteiger partial charge in [-0.25, -0.2) is 0 Å². The Morgan fingerprint density at radius 2 is 1.83 bits per heavy atom. The lowest BCUT2D eigenvalue weighted by molar-refractivity contribution is 0.0952. The highest BCUT2D eigenvalue weighted by atomic mass is 35.5. The van der Waals surface area contributed by atoms with Gasteiger partial charge < -0.3 is 9.88 Å². The van der Waals surface area contributed by atoms with Crippen LogP contribution in [0.1, 0.15) is 35.7 Å². The molecule has 0 aliphatic heterocycles. The molecule has 0 spiro atoms. The minimum absolute atomic E-state index is 0.104. The molecule has 4 nitrogen and oxygen atoms in total. The van der Waals surface area contributed by atoms with Crippen molar-refractivity contribution in [3.05, 3.63) is 92.3 Å². The number of nitrogens with one attached hydrogen (secondary N) is 1. The number of halogens is 2. The topological polar surface area (TPSA) is 51.1 Å². The second-order valence-corrected chi connectivity index (χ2v) is 7.95. The predicted molar refractivity (Wildman–Crippen MR) is 124 cm³/mol. The molecule has 0 aliphatic carbocycles. The maximum atomic E-state index is 12.9. The number of nitrogens with zero attached hydrogens (tertiary/aromatic N) is 1. The fraction of sp³-hybridized carbons (Fsp3) is 0.250. The van der Waals surface area contributed by atoms with E-state index in [4.69, 9.17) is 23.2 Å². The SMILES string of the molecule is CCCCn1cc(-c2cc(Cl)ccc2Cl)cc(C(=O)NCCc2ccccc2)c1=O. The first-order chi connectivity index (χ1) is 14.5. The maximum Gasteiger partial charge on any atom is 0.263 e. The zero-order valence-corrected chi connectivity index (χ0v) is 18.3. The summed E-state index contributed by atoms with van der Waals surface area (Å²) in [5, 5.41) is 3.91. The summed E-state index contributed by atoms with van der Waals surface area (Å²) in [5.74, 6) is -0.388. The summed E-state index contributed by atoms with van der Waals surface area (Å²) in [6.07, 6.45) is 4.21. The Hall–Kier alpha value is -2.56. The van der Waals surface area contributed by atoms with E-state index in [1.54, 1.807) is 35.0 Å². The molecule has 2 aromatic carbocycles. The Labute approximate surface area is 186 Å². The molecule has 0 fully saturated rings. The Morgan fingerprint density at radius 3 is 2.57 bits per heavy atom. The highest BCUT2D eigenvalue weighted by Crippen LogP contribution is 2.30. The molecule has 6 heteroatoms. The number of unbranched alkanes of at least 4 members (excludes halogenated alkanes) is 1. The van der Waals surface area contributed by atoms with Gasteiger partial charge in [0.2, 0.25) is 0 Å². The zero-order valence-electron chi connectivity index (χ0n) is 16.8. The molecule has 30 heavy (non-hydrogen) atoms.